The number of hydrogen-bond acceptors (Lipinski definition) is 3. The Kier molecular flexibility index (Phi) is 4.23. The Morgan fingerprint density at radius 2 is 2.05 bits per heavy atom. The Hall–Kier alpha value is -0.200. The Morgan fingerprint density at radius 1 is 1.42 bits per heavy atom. The molecule has 19 heavy (non-hydrogen) atoms. The molecule has 0 aromatic carbocycles. The lowest BCUT2D eigenvalue weighted by Crippen LogP contribution is -2.28. The molecule has 1 aromatic rings. The van der Waals surface area contributed by atoms with Crippen LogP contribution < -0.4 is 0 Å². The van der Waals surface area contributed by atoms with Crippen molar-refractivity contribution in [1.82, 2.24) is 4.98 Å². The van der Waals surface area contributed by atoms with Crippen LogP contribution in [0, 0.1) is 8.99 Å². The highest BCUT2D eigenvalue weighted by molar-refractivity contribution is 14.1. The smallest absolute Gasteiger partial charge is 0.0823 e. The first kappa shape index (κ1) is 15.2. The van der Waals surface area contributed by atoms with Gasteiger partial charge < -0.3 is 10.2 Å². The molecule has 0 unspecified atom stereocenters. The number of pyridine rings is 1. The number of aromatic nitrogens is 1. The summed E-state index contributed by atoms with van der Waals surface area (Å²) in [5.74, 6) is 0.281. The summed E-state index contributed by atoms with van der Waals surface area (Å²) in [5, 5.41) is 20.0. The van der Waals surface area contributed by atoms with Gasteiger partial charge in [0.25, 0.3) is 0 Å². The van der Waals surface area contributed by atoms with Gasteiger partial charge in [0.1, 0.15) is 0 Å². The highest BCUT2D eigenvalue weighted by Crippen LogP contribution is 2.43. The van der Waals surface area contributed by atoms with Crippen molar-refractivity contribution < 1.29 is 10.2 Å². The molecule has 4 heteroatoms. The van der Waals surface area contributed by atoms with Gasteiger partial charge in [0.15, 0.2) is 0 Å². The van der Waals surface area contributed by atoms with Crippen molar-refractivity contribution in [2.45, 2.75) is 59.2 Å². The van der Waals surface area contributed by atoms with E-state index in [2.05, 4.69) is 50.3 Å². The fraction of sp³-hybridized carbons (Fsp3) is 0.667. The standard InChI is InChI=1S/C15H22INO2/c1-8(2)14-9(7-18)13(16)12-10(17-14)5-15(3,4)6-11(12)19/h8,11,18-19H,5-7H2,1-4H3/t11-/m0/s1. The van der Waals surface area contributed by atoms with E-state index < -0.39 is 6.10 Å². The number of aliphatic hydroxyl groups excluding tert-OH is 2. The minimum absolute atomic E-state index is 0.0117. The zero-order chi connectivity index (χ0) is 14.4. The topological polar surface area (TPSA) is 53.4 Å². The Morgan fingerprint density at radius 3 is 2.58 bits per heavy atom. The normalized spacial score (nSPS) is 21.6. The molecule has 0 spiro atoms. The molecule has 3 nitrogen and oxygen atoms in total. The van der Waals surface area contributed by atoms with Gasteiger partial charge in [-0.05, 0) is 46.8 Å². The van der Waals surface area contributed by atoms with Gasteiger partial charge in [0.05, 0.1) is 12.7 Å². The van der Waals surface area contributed by atoms with Crippen molar-refractivity contribution in [3.05, 3.63) is 26.1 Å². The van der Waals surface area contributed by atoms with Crippen LogP contribution in [0.4, 0.5) is 0 Å². The van der Waals surface area contributed by atoms with E-state index >= 15 is 0 Å². The third-order valence-corrected chi connectivity index (χ3v) is 5.04. The lowest BCUT2D eigenvalue weighted by Gasteiger charge is -2.35. The van der Waals surface area contributed by atoms with Crippen LogP contribution >= 0.6 is 22.6 Å². The monoisotopic (exact) mass is 375 g/mol. The molecule has 1 aliphatic carbocycles. The molecule has 0 aliphatic heterocycles. The quantitative estimate of drug-likeness (QED) is 0.780. The van der Waals surface area contributed by atoms with Crippen LogP contribution in [0.15, 0.2) is 0 Å². The van der Waals surface area contributed by atoms with Crippen LogP contribution in [0.25, 0.3) is 0 Å². The summed E-state index contributed by atoms with van der Waals surface area (Å²) in [6.07, 6.45) is 1.18. The highest BCUT2D eigenvalue weighted by atomic mass is 127. The van der Waals surface area contributed by atoms with E-state index in [9.17, 15) is 10.2 Å². The van der Waals surface area contributed by atoms with Gasteiger partial charge in [-0.25, -0.2) is 0 Å². The third kappa shape index (κ3) is 2.81. The summed E-state index contributed by atoms with van der Waals surface area (Å²) < 4.78 is 0.997. The molecule has 0 fully saturated rings. The molecular formula is C15H22INO2. The predicted molar refractivity (Wildman–Crippen MR) is 84.0 cm³/mol. The second-order valence-electron chi connectivity index (χ2n) is 6.52. The van der Waals surface area contributed by atoms with Crippen LogP contribution in [-0.2, 0) is 13.0 Å². The van der Waals surface area contributed by atoms with Crippen LogP contribution in [-0.4, -0.2) is 15.2 Å². The fourth-order valence-electron chi connectivity index (χ4n) is 2.93. The highest BCUT2D eigenvalue weighted by Gasteiger charge is 2.35. The minimum Gasteiger partial charge on any atom is -0.392 e. The average Bonchev–Trinajstić information content (AvgIpc) is 2.25. The van der Waals surface area contributed by atoms with E-state index in [1.165, 1.54) is 0 Å². The van der Waals surface area contributed by atoms with Crippen LogP contribution in [0.2, 0.25) is 0 Å². The number of rotatable bonds is 2. The zero-order valence-corrected chi connectivity index (χ0v) is 14.2. The Bertz CT molecular complexity index is 497. The first-order valence-electron chi connectivity index (χ1n) is 6.77. The number of nitrogens with zero attached hydrogens (tertiary/aromatic N) is 1. The van der Waals surface area contributed by atoms with Crippen LogP contribution in [0.5, 0.6) is 0 Å². The van der Waals surface area contributed by atoms with Gasteiger partial charge in [-0.1, -0.05) is 27.7 Å². The first-order chi connectivity index (χ1) is 8.76. The molecule has 1 aliphatic rings. The van der Waals surface area contributed by atoms with Crippen molar-refractivity contribution >= 4 is 22.6 Å². The van der Waals surface area contributed by atoms with Crippen LogP contribution in [0.3, 0.4) is 0 Å². The Labute approximate surface area is 128 Å². The molecule has 0 amide bonds. The summed E-state index contributed by atoms with van der Waals surface area (Å²) in [7, 11) is 0. The summed E-state index contributed by atoms with van der Waals surface area (Å²) in [5.41, 5.74) is 3.88. The molecule has 1 atom stereocenters. The molecule has 2 N–H and O–H groups in total. The summed E-state index contributed by atoms with van der Waals surface area (Å²) >= 11 is 2.25. The van der Waals surface area contributed by atoms with Gasteiger partial charge in [-0.3, -0.25) is 4.98 Å². The van der Waals surface area contributed by atoms with E-state index in [0.29, 0.717) is 0 Å². The van der Waals surface area contributed by atoms with Crippen LogP contribution in [0.1, 0.15) is 68.7 Å². The second kappa shape index (κ2) is 5.30. The summed E-state index contributed by atoms with van der Waals surface area (Å²) in [4.78, 5) is 4.77. The van der Waals surface area contributed by atoms with E-state index in [4.69, 9.17) is 4.98 Å². The fourth-order valence-corrected chi connectivity index (χ4v) is 4.04. The number of fused-ring (bicyclic) bond motifs is 1. The van der Waals surface area contributed by atoms with E-state index in [1.807, 2.05) is 0 Å². The third-order valence-electron chi connectivity index (χ3n) is 3.81. The summed E-state index contributed by atoms with van der Waals surface area (Å²) in [6, 6.07) is 0. The first-order valence-corrected chi connectivity index (χ1v) is 7.84. The van der Waals surface area contributed by atoms with Gasteiger partial charge in [0.2, 0.25) is 0 Å². The molecule has 0 saturated heterocycles. The minimum atomic E-state index is -0.468. The largest absolute Gasteiger partial charge is 0.392 e. The predicted octanol–water partition coefficient (Wildman–Crippen LogP) is 3.31. The van der Waals surface area contributed by atoms with Crippen molar-refractivity contribution in [1.29, 1.82) is 0 Å². The molecule has 0 saturated carbocycles. The maximum Gasteiger partial charge on any atom is 0.0823 e. The lowest BCUT2D eigenvalue weighted by molar-refractivity contribution is 0.0968. The van der Waals surface area contributed by atoms with Crippen molar-refractivity contribution in [3.8, 4) is 0 Å². The van der Waals surface area contributed by atoms with E-state index in [-0.39, 0.29) is 17.9 Å². The molecule has 106 valence electrons. The molecule has 1 heterocycles. The Balaban J connectivity index is 2.65. The molecule has 0 radical (unpaired) electrons. The molecule has 1 aromatic heterocycles. The van der Waals surface area contributed by atoms with Crippen molar-refractivity contribution in [3.63, 3.8) is 0 Å². The van der Waals surface area contributed by atoms with Gasteiger partial charge in [-0.2, -0.15) is 0 Å². The number of halogens is 1. The molecule has 2 rings (SSSR count). The maximum absolute atomic E-state index is 10.4. The average molecular weight is 375 g/mol. The van der Waals surface area contributed by atoms with Gasteiger partial charge >= 0.3 is 0 Å². The number of hydrogen-bond donors (Lipinski definition) is 2. The van der Waals surface area contributed by atoms with Crippen molar-refractivity contribution in [2.75, 3.05) is 0 Å². The number of aliphatic hydroxyl groups is 2. The zero-order valence-electron chi connectivity index (χ0n) is 12.0. The second-order valence-corrected chi connectivity index (χ2v) is 7.60. The van der Waals surface area contributed by atoms with E-state index in [1.54, 1.807) is 0 Å². The molecule has 0 bridgehead atoms. The van der Waals surface area contributed by atoms with Gasteiger partial charge in [-0.15, -0.1) is 0 Å². The SMILES string of the molecule is CC(C)c1nc2c(c(I)c1CO)[C@@H](O)CC(C)(C)C2. The van der Waals surface area contributed by atoms with Crippen molar-refractivity contribution in [2.24, 2.45) is 5.41 Å². The maximum atomic E-state index is 10.4. The lowest BCUT2D eigenvalue weighted by atomic mass is 9.74. The van der Waals surface area contributed by atoms with E-state index in [0.717, 1.165) is 38.9 Å². The summed E-state index contributed by atoms with van der Waals surface area (Å²) in [6.45, 7) is 8.51. The van der Waals surface area contributed by atoms with Gasteiger partial charge in [0, 0.05) is 26.1 Å². The molecular weight excluding hydrogens is 353 g/mol.